The van der Waals surface area contributed by atoms with Gasteiger partial charge in [0.1, 0.15) is 0 Å². The molecule has 0 aromatic rings. The lowest BCUT2D eigenvalue weighted by Crippen LogP contribution is -2.23. The lowest BCUT2D eigenvalue weighted by atomic mass is 10.2. The first-order chi connectivity index (χ1) is 5.81. The Hall–Kier alpha value is -1.01. The molecule has 1 amide bonds. The Bertz CT molecular complexity index is 179. The number of carbonyl (C=O) groups is 1. The molecule has 0 aliphatic heterocycles. The zero-order valence-electron chi connectivity index (χ0n) is 7.39. The van der Waals surface area contributed by atoms with E-state index in [4.69, 9.17) is 5.11 Å². The number of rotatable bonds is 5. The average molecular weight is 169 g/mol. The molecule has 0 atom stereocenters. The van der Waals surface area contributed by atoms with Crippen molar-refractivity contribution in [1.82, 2.24) is 5.32 Å². The summed E-state index contributed by atoms with van der Waals surface area (Å²) in [5.74, 6) is 5.43. The molecule has 2 N–H and O–H groups in total. The molecule has 0 aliphatic carbocycles. The molecule has 0 aromatic heterocycles. The molecule has 0 bridgehead atoms. The van der Waals surface area contributed by atoms with Crippen molar-refractivity contribution in [1.29, 1.82) is 0 Å². The van der Waals surface area contributed by atoms with E-state index in [1.54, 1.807) is 6.92 Å². The number of carbonyl (C=O) groups excluding carboxylic acids is 1. The predicted octanol–water partition coefficient (Wildman–Crippen LogP) is 0.288. The molecule has 0 heterocycles. The van der Waals surface area contributed by atoms with Gasteiger partial charge in [-0.1, -0.05) is 5.92 Å². The Labute approximate surface area is 73.2 Å². The third-order valence-electron chi connectivity index (χ3n) is 1.36. The minimum atomic E-state index is 0.00574. The summed E-state index contributed by atoms with van der Waals surface area (Å²) in [6.45, 7) is 2.31. The van der Waals surface area contributed by atoms with Crippen LogP contribution in [-0.4, -0.2) is 24.2 Å². The summed E-state index contributed by atoms with van der Waals surface area (Å²) in [6, 6.07) is 0. The number of amides is 1. The zero-order valence-corrected chi connectivity index (χ0v) is 7.39. The summed E-state index contributed by atoms with van der Waals surface area (Å²) in [5, 5.41) is 11.1. The molecule has 3 heteroatoms. The second kappa shape index (κ2) is 8.09. The fourth-order valence-corrected chi connectivity index (χ4v) is 0.717. The molecule has 0 fully saturated rings. The topological polar surface area (TPSA) is 49.3 Å². The summed E-state index contributed by atoms with van der Waals surface area (Å²) in [4.78, 5) is 10.9. The van der Waals surface area contributed by atoms with Gasteiger partial charge >= 0.3 is 0 Å². The number of aliphatic hydroxyl groups excluding tert-OH is 1. The van der Waals surface area contributed by atoms with Crippen LogP contribution in [0.2, 0.25) is 0 Å². The molecule has 0 radical (unpaired) electrons. The van der Waals surface area contributed by atoms with Crippen LogP contribution >= 0.6 is 0 Å². The standard InChI is InChI=1S/C9H15NO2/c1-2-3-7-10-9(12)6-4-5-8-11/h11H,4-8H2,1H3,(H,10,12). The van der Waals surface area contributed by atoms with E-state index in [9.17, 15) is 4.79 Å². The van der Waals surface area contributed by atoms with Crippen LogP contribution in [-0.2, 0) is 4.79 Å². The van der Waals surface area contributed by atoms with Crippen molar-refractivity contribution in [2.75, 3.05) is 13.2 Å². The van der Waals surface area contributed by atoms with Gasteiger partial charge < -0.3 is 10.4 Å². The number of hydrogen-bond donors (Lipinski definition) is 2. The zero-order chi connectivity index (χ0) is 9.23. The van der Waals surface area contributed by atoms with Gasteiger partial charge in [-0.15, -0.1) is 5.92 Å². The van der Waals surface area contributed by atoms with E-state index >= 15 is 0 Å². The largest absolute Gasteiger partial charge is 0.396 e. The minimum absolute atomic E-state index is 0.00574. The third kappa shape index (κ3) is 7.10. The fourth-order valence-electron chi connectivity index (χ4n) is 0.717. The summed E-state index contributed by atoms with van der Waals surface area (Å²) in [6.07, 6.45) is 1.90. The molecular weight excluding hydrogens is 154 g/mol. The summed E-state index contributed by atoms with van der Waals surface area (Å²) in [5.41, 5.74) is 0. The lowest BCUT2D eigenvalue weighted by Gasteiger charge is -1.99. The van der Waals surface area contributed by atoms with Crippen molar-refractivity contribution >= 4 is 5.91 Å². The smallest absolute Gasteiger partial charge is 0.220 e. The summed E-state index contributed by atoms with van der Waals surface area (Å²) in [7, 11) is 0. The van der Waals surface area contributed by atoms with Gasteiger partial charge in [-0.25, -0.2) is 0 Å². The van der Waals surface area contributed by atoms with E-state index < -0.39 is 0 Å². The molecule has 0 aliphatic rings. The van der Waals surface area contributed by atoms with Crippen molar-refractivity contribution in [3.63, 3.8) is 0 Å². The van der Waals surface area contributed by atoms with Gasteiger partial charge in [-0.3, -0.25) is 4.79 Å². The van der Waals surface area contributed by atoms with Gasteiger partial charge in [-0.2, -0.15) is 0 Å². The summed E-state index contributed by atoms with van der Waals surface area (Å²) >= 11 is 0. The Morgan fingerprint density at radius 1 is 1.50 bits per heavy atom. The quantitative estimate of drug-likeness (QED) is 0.459. The van der Waals surface area contributed by atoms with Crippen LogP contribution in [0.25, 0.3) is 0 Å². The van der Waals surface area contributed by atoms with Crippen molar-refractivity contribution in [3.8, 4) is 11.8 Å². The number of unbranched alkanes of at least 4 members (excludes halogenated alkanes) is 1. The van der Waals surface area contributed by atoms with Crippen LogP contribution in [0, 0.1) is 11.8 Å². The highest BCUT2D eigenvalue weighted by Crippen LogP contribution is 1.92. The Morgan fingerprint density at radius 2 is 2.25 bits per heavy atom. The van der Waals surface area contributed by atoms with Gasteiger partial charge in [0, 0.05) is 13.0 Å². The monoisotopic (exact) mass is 169 g/mol. The van der Waals surface area contributed by atoms with Crippen LogP contribution in [0.3, 0.4) is 0 Å². The highest BCUT2D eigenvalue weighted by atomic mass is 16.2. The maximum absolute atomic E-state index is 10.9. The SMILES string of the molecule is CC#CCNC(=O)CCCCO. The van der Waals surface area contributed by atoms with Crippen LogP contribution in [0.4, 0.5) is 0 Å². The van der Waals surface area contributed by atoms with E-state index in [1.807, 2.05) is 0 Å². The second-order valence-corrected chi connectivity index (χ2v) is 2.38. The molecule has 0 saturated heterocycles. The van der Waals surface area contributed by atoms with Crippen molar-refractivity contribution in [3.05, 3.63) is 0 Å². The van der Waals surface area contributed by atoms with Gasteiger partial charge in [-0.05, 0) is 19.8 Å². The van der Waals surface area contributed by atoms with E-state index in [1.165, 1.54) is 0 Å². The third-order valence-corrected chi connectivity index (χ3v) is 1.36. The first-order valence-corrected chi connectivity index (χ1v) is 4.08. The summed E-state index contributed by atoms with van der Waals surface area (Å²) < 4.78 is 0. The van der Waals surface area contributed by atoms with Gasteiger partial charge in [0.2, 0.25) is 5.91 Å². The van der Waals surface area contributed by atoms with Crippen molar-refractivity contribution in [2.24, 2.45) is 0 Å². The molecule has 0 rings (SSSR count). The van der Waals surface area contributed by atoms with E-state index in [0.29, 0.717) is 19.4 Å². The molecular formula is C9H15NO2. The van der Waals surface area contributed by atoms with Gasteiger partial charge in [0.05, 0.1) is 6.54 Å². The maximum atomic E-state index is 10.9. The van der Waals surface area contributed by atoms with Gasteiger partial charge in [0.15, 0.2) is 0 Å². The van der Waals surface area contributed by atoms with E-state index in [2.05, 4.69) is 17.2 Å². The van der Waals surface area contributed by atoms with Gasteiger partial charge in [0.25, 0.3) is 0 Å². The molecule has 3 nitrogen and oxygen atoms in total. The second-order valence-electron chi connectivity index (χ2n) is 2.38. The molecule has 0 saturated carbocycles. The van der Waals surface area contributed by atoms with Crippen molar-refractivity contribution < 1.29 is 9.90 Å². The number of nitrogens with one attached hydrogen (secondary N) is 1. The normalized spacial score (nSPS) is 8.50. The number of hydrogen-bond acceptors (Lipinski definition) is 2. The Kier molecular flexibility index (Phi) is 7.41. The molecule has 12 heavy (non-hydrogen) atoms. The van der Waals surface area contributed by atoms with Crippen LogP contribution < -0.4 is 5.32 Å². The average Bonchev–Trinajstić information content (AvgIpc) is 2.06. The molecule has 0 unspecified atom stereocenters. The Balaban J connectivity index is 3.25. The number of aliphatic hydroxyl groups is 1. The van der Waals surface area contributed by atoms with E-state index in [0.717, 1.165) is 6.42 Å². The maximum Gasteiger partial charge on any atom is 0.220 e. The first-order valence-electron chi connectivity index (χ1n) is 4.08. The van der Waals surface area contributed by atoms with Crippen LogP contribution in [0.1, 0.15) is 26.2 Å². The lowest BCUT2D eigenvalue weighted by molar-refractivity contribution is -0.120. The highest BCUT2D eigenvalue weighted by Gasteiger charge is 1.97. The highest BCUT2D eigenvalue weighted by molar-refractivity contribution is 5.76. The molecule has 68 valence electrons. The Morgan fingerprint density at radius 3 is 2.83 bits per heavy atom. The van der Waals surface area contributed by atoms with E-state index in [-0.39, 0.29) is 12.5 Å². The van der Waals surface area contributed by atoms with Crippen molar-refractivity contribution in [2.45, 2.75) is 26.2 Å². The molecule has 0 spiro atoms. The fraction of sp³-hybridized carbons (Fsp3) is 0.667. The minimum Gasteiger partial charge on any atom is -0.396 e. The first kappa shape index (κ1) is 11.0. The van der Waals surface area contributed by atoms with Crippen LogP contribution in [0.5, 0.6) is 0 Å². The molecule has 0 aromatic carbocycles. The predicted molar refractivity (Wildman–Crippen MR) is 47.4 cm³/mol. The van der Waals surface area contributed by atoms with Crippen LogP contribution in [0.15, 0.2) is 0 Å².